The molecule has 2 aromatic carbocycles. The Labute approximate surface area is 132 Å². The Morgan fingerprint density at radius 1 is 1.29 bits per heavy atom. The Morgan fingerprint density at radius 3 is 2.71 bits per heavy atom. The highest BCUT2D eigenvalue weighted by Crippen LogP contribution is 2.23. The molecule has 3 N–H and O–H groups in total. The van der Waals surface area contributed by atoms with Crippen molar-refractivity contribution in [2.24, 2.45) is 0 Å². The monoisotopic (exact) mass is 348 g/mol. The zero-order valence-corrected chi connectivity index (χ0v) is 13.5. The molecule has 0 spiro atoms. The van der Waals surface area contributed by atoms with Gasteiger partial charge in [0.25, 0.3) is 5.91 Å². The number of methoxy groups -OCH3 is 1. The first kappa shape index (κ1) is 15.4. The number of amides is 1. The zero-order valence-electron chi connectivity index (χ0n) is 11.9. The largest absolute Gasteiger partial charge is 0.496 e. The number of nitrogen functional groups attached to an aromatic ring is 1. The molecule has 1 amide bonds. The van der Waals surface area contributed by atoms with Crippen molar-refractivity contribution < 1.29 is 9.53 Å². The lowest BCUT2D eigenvalue weighted by atomic mass is 10.1. The second kappa shape index (κ2) is 6.63. The molecule has 0 aromatic heterocycles. The van der Waals surface area contributed by atoms with Crippen LogP contribution in [0, 0.1) is 0 Å². The molecule has 0 fully saturated rings. The molecule has 0 saturated heterocycles. The molecule has 0 saturated carbocycles. The van der Waals surface area contributed by atoms with E-state index in [1.165, 1.54) is 7.11 Å². The van der Waals surface area contributed by atoms with Gasteiger partial charge in [-0.1, -0.05) is 28.1 Å². The second-order valence-corrected chi connectivity index (χ2v) is 5.63. The summed E-state index contributed by atoms with van der Waals surface area (Å²) < 4.78 is 6.18. The molecule has 2 aromatic rings. The summed E-state index contributed by atoms with van der Waals surface area (Å²) in [4.78, 5) is 12.4. The number of halogens is 1. The van der Waals surface area contributed by atoms with Crippen LogP contribution < -0.4 is 15.8 Å². The van der Waals surface area contributed by atoms with Gasteiger partial charge in [0, 0.05) is 16.2 Å². The van der Waals surface area contributed by atoms with E-state index < -0.39 is 0 Å². The summed E-state index contributed by atoms with van der Waals surface area (Å²) in [5, 5.41) is 2.95. The van der Waals surface area contributed by atoms with Gasteiger partial charge in [-0.3, -0.25) is 4.79 Å². The van der Waals surface area contributed by atoms with Crippen LogP contribution in [-0.4, -0.2) is 13.0 Å². The highest BCUT2D eigenvalue weighted by atomic mass is 79.9. The van der Waals surface area contributed by atoms with Crippen molar-refractivity contribution in [3.05, 3.63) is 58.1 Å². The van der Waals surface area contributed by atoms with Crippen LogP contribution in [-0.2, 0) is 0 Å². The number of anilines is 1. The molecule has 1 unspecified atom stereocenters. The van der Waals surface area contributed by atoms with Crippen LogP contribution in [0.1, 0.15) is 28.9 Å². The van der Waals surface area contributed by atoms with E-state index in [4.69, 9.17) is 10.5 Å². The van der Waals surface area contributed by atoms with E-state index in [0.717, 1.165) is 10.0 Å². The van der Waals surface area contributed by atoms with E-state index in [1.807, 2.05) is 31.2 Å². The van der Waals surface area contributed by atoms with E-state index in [1.54, 1.807) is 18.2 Å². The Balaban J connectivity index is 2.18. The molecule has 2 rings (SSSR count). The first-order valence-electron chi connectivity index (χ1n) is 6.51. The molecule has 110 valence electrons. The molecule has 0 heterocycles. The summed E-state index contributed by atoms with van der Waals surface area (Å²) in [6, 6.07) is 12.7. The van der Waals surface area contributed by atoms with E-state index in [9.17, 15) is 4.79 Å². The van der Waals surface area contributed by atoms with Crippen molar-refractivity contribution in [2.45, 2.75) is 13.0 Å². The first-order valence-corrected chi connectivity index (χ1v) is 7.30. The lowest BCUT2D eigenvalue weighted by Crippen LogP contribution is -2.27. The number of carbonyl (C=O) groups excluding carboxylic acids is 1. The Bertz CT molecular complexity index is 658. The van der Waals surface area contributed by atoms with Gasteiger partial charge >= 0.3 is 0 Å². The van der Waals surface area contributed by atoms with Crippen molar-refractivity contribution in [1.82, 2.24) is 5.32 Å². The second-order valence-electron chi connectivity index (χ2n) is 4.71. The number of nitrogens with two attached hydrogens (primary N) is 1. The number of nitrogens with one attached hydrogen (secondary N) is 1. The third kappa shape index (κ3) is 3.76. The van der Waals surface area contributed by atoms with E-state index in [0.29, 0.717) is 17.0 Å². The summed E-state index contributed by atoms with van der Waals surface area (Å²) in [6.07, 6.45) is 0. The predicted octanol–water partition coefficient (Wildman–Crippen LogP) is 3.53. The van der Waals surface area contributed by atoms with Crippen molar-refractivity contribution in [1.29, 1.82) is 0 Å². The highest BCUT2D eigenvalue weighted by Gasteiger charge is 2.15. The summed E-state index contributed by atoms with van der Waals surface area (Å²) in [7, 11) is 1.52. The summed E-state index contributed by atoms with van der Waals surface area (Å²) in [5.74, 6) is 0.272. The maximum absolute atomic E-state index is 12.4. The zero-order chi connectivity index (χ0) is 15.4. The van der Waals surface area contributed by atoms with Gasteiger partial charge in [-0.25, -0.2) is 0 Å². The third-order valence-corrected chi connectivity index (χ3v) is 3.66. The number of hydrogen-bond acceptors (Lipinski definition) is 3. The smallest absolute Gasteiger partial charge is 0.255 e. The van der Waals surface area contributed by atoms with Crippen molar-refractivity contribution >= 4 is 27.5 Å². The van der Waals surface area contributed by atoms with Crippen LogP contribution in [0.5, 0.6) is 5.75 Å². The van der Waals surface area contributed by atoms with E-state index in [-0.39, 0.29) is 11.9 Å². The standard InChI is InChI=1S/C16H17BrN2O2/c1-10(11-4-3-5-12(17)8-11)19-16(20)14-7-6-13(18)9-15(14)21-2/h3-10H,18H2,1-2H3,(H,19,20). The maximum atomic E-state index is 12.4. The molecule has 0 aliphatic carbocycles. The molecule has 0 aliphatic heterocycles. The molecular formula is C16H17BrN2O2. The van der Waals surface area contributed by atoms with Crippen molar-refractivity contribution in [2.75, 3.05) is 12.8 Å². The van der Waals surface area contributed by atoms with Gasteiger partial charge in [-0.15, -0.1) is 0 Å². The molecule has 0 radical (unpaired) electrons. The average molecular weight is 349 g/mol. The van der Waals surface area contributed by atoms with Crippen LogP contribution >= 0.6 is 15.9 Å². The minimum atomic E-state index is -0.195. The van der Waals surface area contributed by atoms with Crippen LogP contribution in [0.2, 0.25) is 0 Å². The lowest BCUT2D eigenvalue weighted by molar-refractivity contribution is 0.0937. The van der Waals surface area contributed by atoms with E-state index in [2.05, 4.69) is 21.2 Å². The van der Waals surface area contributed by atoms with Gasteiger partial charge in [0.1, 0.15) is 5.75 Å². The molecular weight excluding hydrogens is 332 g/mol. The molecule has 0 aliphatic rings. The maximum Gasteiger partial charge on any atom is 0.255 e. The van der Waals surface area contributed by atoms with Crippen molar-refractivity contribution in [3.63, 3.8) is 0 Å². The fourth-order valence-electron chi connectivity index (χ4n) is 2.03. The fraction of sp³-hybridized carbons (Fsp3) is 0.188. The third-order valence-electron chi connectivity index (χ3n) is 3.17. The van der Waals surface area contributed by atoms with Crippen LogP contribution in [0.25, 0.3) is 0 Å². The topological polar surface area (TPSA) is 64.3 Å². The van der Waals surface area contributed by atoms with Crippen LogP contribution in [0.4, 0.5) is 5.69 Å². The number of ether oxygens (including phenoxy) is 1. The molecule has 1 atom stereocenters. The quantitative estimate of drug-likeness (QED) is 0.830. The van der Waals surface area contributed by atoms with Gasteiger partial charge in [0.2, 0.25) is 0 Å². The van der Waals surface area contributed by atoms with Gasteiger partial charge in [0.05, 0.1) is 18.7 Å². The molecule has 21 heavy (non-hydrogen) atoms. The van der Waals surface area contributed by atoms with Gasteiger partial charge in [0.15, 0.2) is 0 Å². The lowest BCUT2D eigenvalue weighted by Gasteiger charge is -2.16. The number of carbonyl (C=O) groups is 1. The Kier molecular flexibility index (Phi) is 4.85. The SMILES string of the molecule is COc1cc(N)ccc1C(=O)NC(C)c1cccc(Br)c1. The Hall–Kier alpha value is -2.01. The molecule has 4 nitrogen and oxygen atoms in total. The summed E-state index contributed by atoms with van der Waals surface area (Å²) in [6.45, 7) is 1.93. The summed E-state index contributed by atoms with van der Waals surface area (Å²) in [5.41, 5.74) is 7.74. The first-order chi connectivity index (χ1) is 10.0. The normalized spacial score (nSPS) is 11.8. The highest BCUT2D eigenvalue weighted by molar-refractivity contribution is 9.10. The van der Waals surface area contributed by atoms with Crippen LogP contribution in [0.3, 0.4) is 0 Å². The minimum absolute atomic E-state index is 0.114. The van der Waals surface area contributed by atoms with Crippen LogP contribution in [0.15, 0.2) is 46.9 Å². The molecule has 5 heteroatoms. The van der Waals surface area contributed by atoms with Gasteiger partial charge in [-0.2, -0.15) is 0 Å². The Morgan fingerprint density at radius 2 is 2.05 bits per heavy atom. The van der Waals surface area contributed by atoms with Gasteiger partial charge < -0.3 is 15.8 Å². The van der Waals surface area contributed by atoms with Crippen molar-refractivity contribution in [3.8, 4) is 5.75 Å². The van der Waals surface area contributed by atoms with E-state index >= 15 is 0 Å². The molecule has 0 bridgehead atoms. The fourth-order valence-corrected chi connectivity index (χ4v) is 2.45. The van der Waals surface area contributed by atoms with Gasteiger partial charge in [-0.05, 0) is 36.8 Å². The number of rotatable bonds is 4. The average Bonchev–Trinajstić information content (AvgIpc) is 2.46. The summed E-state index contributed by atoms with van der Waals surface area (Å²) >= 11 is 3.43. The predicted molar refractivity (Wildman–Crippen MR) is 87.4 cm³/mol. The number of hydrogen-bond donors (Lipinski definition) is 2. The minimum Gasteiger partial charge on any atom is -0.496 e. The number of benzene rings is 2.